The van der Waals surface area contributed by atoms with Gasteiger partial charge in [-0.3, -0.25) is 4.79 Å². The van der Waals surface area contributed by atoms with Gasteiger partial charge >= 0.3 is 0 Å². The summed E-state index contributed by atoms with van der Waals surface area (Å²) >= 11 is 0. The van der Waals surface area contributed by atoms with Crippen molar-refractivity contribution in [3.63, 3.8) is 0 Å². The third-order valence-electron chi connectivity index (χ3n) is 3.04. The molecule has 9 heteroatoms. The molecule has 2 aromatic rings. The lowest BCUT2D eigenvalue weighted by Crippen LogP contribution is -2.16. The van der Waals surface area contributed by atoms with Gasteiger partial charge in [0, 0.05) is 18.6 Å². The lowest BCUT2D eigenvalue weighted by atomic mass is 10.1. The average Bonchev–Trinajstić information content (AvgIpc) is 3.09. The van der Waals surface area contributed by atoms with E-state index >= 15 is 0 Å². The van der Waals surface area contributed by atoms with Gasteiger partial charge in [-0.05, 0) is 24.3 Å². The summed E-state index contributed by atoms with van der Waals surface area (Å²) in [6.45, 7) is 4.92. The molecule has 0 aliphatic rings. The third-order valence-corrected chi connectivity index (χ3v) is 3.04. The maximum absolute atomic E-state index is 12.1. The molecule has 0 aliphatic carbocycles. The highest BCUT2D eigenvalue weighted by Crippen LogP contribution is 2.33. The quantitative estimate of drug-likeness (QED) is 0.777. The topological polar surface area (TPSA) is 115 Å². The molecule has 0 spiro atoms. The standard InChI is InChI=1S/C15H18N6O3/c1-3-23-13-7-11(9-16)12(8-14(13)24-4-2)18-15(22)5-6-21-10-17-19-20-21/h7-8,10H,3-6H2,1-2H3,(H,18,22). The first-order chi connectivity index (χ1) is 11.7. The molecule has 1 N–H and O–H groups in total. The van der Waals surface area contributed by atoms with Crippen LogP contribution in [0.1, 0.15) is 25.8 Å². The predicted molar refractivity (Wildman–Crippen MR) is 84.6 cm³/mol. The number of rotatable bonds is 8. The molecule has 1 aromatic carbocycles. The number of anilines is 1. The number of aromatic nitrogens is 4. The van der Waals surface area contributed by atoms with Gasteiger partial charge in [0.1, 0.15) is 12.4 Å². The van der Waals surface area contributed by atoms with Gasteiger partial charge in [-0.15, -0.1) is 5.10 Å². The van der Waals surface area contributed by atoms with Crippen LogP contribution in [0.25, 0.3) is 0 Å². The van der Waals surface area contributed by atoms with Crippen molar-refractivity contribution in [1.82, 2.24) is 20.2 Å². The van der Waals surface area contributed by atoms with Crippen molar-refractivity contribution in [3.05, 3.63) is 24.0 Å². The van der Waals surface area contributed by atoms with E-state index < -0.39 is 0 Å². The highest BCUT2D eigenvalue weighted by Gasteiger charge is 2.14. The zero-order valence-corrected chi connectivity index (χ0v) is 13.5. The van der Waals surface area contributed by atoms with E-state index in [1.54, 1.807) is 12.1 Å². The number of carbonyl (C=O) groups excluding carboxylic acids is 1. The number of nitrogens with one attached hydrogen (secondary N) is 1. The Morgan fingerprint density at radius 3 is 2.58 bits per heavy atom. The van der Waals surface area contributed by atoms with E-state index in [2.05, 4.69) is 26.9 Å². The van der Waals surface area contributed by atoms with Crippen LogP contribution in [0.15, 0.2) is 18.5 Å². The molecule has 9 nitrogen and oxygen atoms in total. The zero-order chi connectivity index (χ0) is 17.4. The van der Waals surface area contributed by atoms with Gasteiger partial charge in [0.05, 0.1) is 31.0 Å². The SMILES string of the molecule is CCOc1cc(C#N)c(NC(=O)CCn2cnnn2)cc1OCC. The Balaban J connectivity index is 2.13. The fourth-order valence-electron chi connectivity index (χ4n) is 2.00. The summed E-state index contributed by atoms with van der Waals surface area (Å²) < 4.78 is 12.4. The van der Waals surface area contributed by atoms with Gasteiger partial charge in [0.2, 0.25) is 5.91 Å². The number of carbonyl (C=O) groups is 1. The van der Waals surface area contributed by atoms with Crippen molar-refractivity contribution in [2.75, 3.05) is 18.5 Å². The minimum atomic E-state index is -0.256. The Labute approximate surface area is 139 Å². The lowest BCUT2D eigenvalue weighted by Gasteiger charge is -2.14. The van der Waals surface area contributed by atoms with Crippen LogP contribution in [0, 0.1) is 11.3 Å². The van der Waals surface area contributed by atoms with Crippen molar-refractivity contribution in [2.45, 2.75) is 26.8 Å². The Hall–Kier alpha value is -3.15. The summed E-state index contributed by atoms with van der Waals surface area (Å²) in [6, 6.07) is 5.21. The van der Waals surface area contributed by atoms with Gasteiger partial charge in [-0.25, -0.2) is 4.68 Å². The molecule has 24 heavy (non-hydrogen) atoms. The molecule has 126 valence electrons. The van der Waals surface area contributed by atoms with Gasteiger partial charge in [0.15, 0.2) is 11.5 Å². The maximum Gasteiger partial charge on any atom is 0.226 e. The zero-order valence-electron chi connectivity index (χ0n) is 13.5. The molecule has 0 fully saturated rings. The highest BCUT2D eigenvalue weighted by molar-refractivity contribution is 5.92. The van der Waals surface area contributed by atoms with Crippen molar-refractivity contribution in [1.29, 1.82) is 5.26 Å². The number of benzene rings is 1. The van der Waals surface area contributed by atoms with E-state index in [4.69, 9.17) is 9.47 Å². The van der Waals surface area contributed by atoms with Crippen molar-refractivity contribution in [2.24, 2.45) is 0 Å². The number of tetrazole rings is 1. The summed E-state index contributed by atoms with van der Waals surface area (Å²) in [5.74, 6) is 0.699. The minimum Gasteiger partial charge on any atom is -0.490 e. The molecular weight excluding hydrogens is 312 g/mol. The van der Waals surface area contributed by atoms with E-state index in [9.17, 15) is 10.1 Å². The van der Waals surface area contributed by atoms with E-state index in [1.807, 2.05) is 13.8 Å². The molecule has 1 amide bonds. The highest BCUT2D eigenvalue weighted by atomic mass is 16.5. The van der Waals surface area contributed by atoms with E-state index in [0.29, 0.717) is 42.5 Å². The molecule has 0 radical (unpaired) electrons. The smallest absolute Gasteiger partial charge is 0.226 e. The van der Waals surface area contributed by atoms with Gasteiger partial charge in [-0.2, -0.15) is 5.26 Å². The Bertz CT molecular complexity index is 724. The lowest BCUT2D eigenvalue weighted by molar-refractivity contribution is -0.116. The van der Waals surface area contributed by atoms with Crippen LogP contribution in [0.2, 0.25) is 0 Å². The second-order valence-corrected chi connectivity index (χ2v) is 4.69. The van der Waals surface area contributed by atoms with Gasteiger partial charge in [-0.1, -0.05) is 0 Å². The van der Waals surface area contributed by atoms with Crippen LogP contribution in [-0.2, 0) is 11.3 Å². The molecule has 0 bridgehead atoms. The fourth-order valence-corrected chi connectivity index (χ4v) is 2.00. The predicted octanol–water partition coefficient (Wildman–Crippen LogP) is 1.37. The summed E-state index contributed by atoms with van der Waals surface area (Å²) in [5.41, 5.74) is 0.684. The summed E-state index contributed by atoms with van der Waals surface area (Å²) in [6.07, 6.45) is 1.60. The summed E-state index contributed by atoms with van der Waals surface area (Å²) in [4.78, 5) is 12.1. The van der Waals surface area contributed by atoms with Crippen LogP contribution in [0.4, 0.5) is 5.69 Å². The van der Waals surface area contributed by atoms with Crippen LogP contribution in [0.3, 0.4) is 0 Å². The number of nitriles is 1. The van der Waals surface area contributed by atoms with Crippen LogP contribution < -0.4 is 14.8 Å². The number of hydrogen-bond donors (Lipinski definition) is 1. The second kappa shape index (κ2) is 8.47. The number of aryl methyl sites for hydroxylation is 1. The van der Waals surface area contributed by atoms with E-state index in [-0.39, 0.29) is 12.3 Å². The first-order valence-corrected chi connectivity index (χ1v) is 7.52. The normalized spacial score (nSPS) is 10.0. The largest absolute Gasteiger partial charge is 0.490 e. The number of nitrogens with zero attached hydrogens (tertiary/aromatic N) is 5. The van der Waals surface area contributed by atoms with Gasteiger partial charge in [0.25, 0.3) is 0 Å². The number of hydrogen-bond acceptors (Lipinski definition) is 7. The molecule has 0 unspecified atom stereocenters. The molecule has 0 saturated heterocycles. The minimum absolute atomic E-state index is 0.174. The second-order valence-electron chi connectivity index (χ2n) is 4.69. The van der Waals surface area contributed by atoms with E-state index in [1.165, 1.54) is 11.0 Å². The van der Waals surface area contributed by atoms with E-state index in [0.717, 1.165) is 0 Å². The Kier molecular flexibility index (Phi) is 6.08. The summed E-state index contributed by atoms with van der Waals surface area (Å²) in [5, 5.41) is 22.7. The molecule has 0 atom stereocenters. The van der Waals surface area contributed by atoms with Gasteiger partial charge < -0.3 is 14.8 Å². The van der Waals surface area contributed by atoms with Crippen molar-refractivity contribution < 1.29 is 14.3 Å². The van der Waals surface area contributed by atoms with Crippen LogP contribution in [0.5, 0.6) is 11.5 Å². The first kappa shape index (κ1) is 17.2. The van der Waals surface area contributed by atoms with Crippen LogP contribution in [-0.4, -0.2) is 39.3 Å². The number of ether oxygens (including phenoxy) is 2. The van der Waals surface area contributed by atoms with Crippen molar-refractivity contribution in [3.8, 4) is 17.6 Å². The maximum atomic E-state index is 12.1. The van der Waals surface area contributed by atoms with Crippen molar-refractivity contribution >= 4 is 11.6 Å². The monoisotopic (exact) mass is 330 g/mol. The van der Waals surface area contributed by atoms with Crippen LogP contribution >= 0.6 is 0 Å². The molecule has 1 aromatic heterocycles. The average molecular weight is 330 g/mol. The molecular formula is C15H18N6O3. The molecule has 1 heterocycles. The molecule has 2 rings (SSSR count). The Morgan fingerprint density at radius 1 is 1.29 bits per heavy atom. The summed E-state index contributed by atoms with van der Waals surface area (Å²) in [7, 11) is 0. The first-order valence-electron chi connectivity index (χ1n) is 7.52. The fraction of sp³-hybridized carbons (Fsp3) is 0.400. The molecule has 0 saturated carbocycles. The number of amides is 1. The Morgan fingerprint density at radius 2 is 2.00 bits per heavy atom. The molecule has 0 aliphatic heterocycles. The third kappa shape index (κ3) is 4.42.